The van der Waals surface area contributed by atoms with Crippen LogP contribution in [0.1, 0.15) is 33.3 Å². The van der Waals surface area contributed by atoms with Crippen LogP contribution < -0.4 is 20.5 Å². The SMILES string of the molecule is CC(N)C(C)C(=O)NCC(C)(C)c1ccc2c(c1)OCCO2. The van der Waals surface area contributed by atoms with Crippen LogP contribution in [0.25, 0.3) is 0 Å². The predicted molar refractivity (Wildman–Crippen MR) is 86.3 cm³/mol. The number of carbonyl (C=O) groups excluding carboxylic acids is 1. The average Bonchev–Trinajstić information content (AvgIpc) is 2.51. The molecule has 122 valence electrons. The summed E-state index contributed by atoms with van der Waals surface area (Å²) in [5, 5.41) is 2.99. The maximum Gasteiger partial charge on any atom is 0.224 e. The van der Waals surface area contributed by atoms with Crippen LogP contribution in [0.5, 0.6) is 11.5 Å². The third-order valence-corrected chi connectivity index (χ3v) is 4.23. The number of nitrogens with one attached hydrogen (secondary N) is 1. The summed E-state index contributed by atoms with van der Waals surface area (Å²) in [5.41, 5.74) is 6.67. The van der Waals surface area contributed by atoms with Gasteiger partial charge in [-0.2, -0.15) is 0 Å². The van der Waals surface area contributed by atoms with Gasteiger partial charge in [-0.25, -0.2) is 0 Å². The van der Waals surface area contributed by atoms with Gasteiger partial charge in [-0.3, -0.25) is 4.79 Å². The first-order valence-corrected chi connectivity index (χ1v) is 7.74. The zero-order valence-corrected chi connectivity index (χ0v) is 13.8. The summed E-state index contributed by atoms with van der Waals surface area (Å²) in [6, 6.07) is 5.79. The number of nitrogens with two attached hydrogens (primary N) is 1. The lowest BCUT2D eigenvalue weighted by Gasteiger charge is -2.28. The molecule has 22 heavy (non-hydrogen) atoms. The van der Waals surface area contributed by atoms with E-state index >= 15 is 0 Å². The number of benzene rings is 1. The fraction of sp³-hybridized carbons (Fsp3) is 0.588. The molecule has 3 N–H and O–H groups in total. The van der Waals surface area contributed by atoms with Crippen molar-refractivity contribution in [2.75, 3.05) is 19.8 Å². The predicted octanol–water partition coefficient (Wildman–Crippen LogP) is 1.83. The third kappa shape index (κ3) is 3.71. The van der Waals surface area contributed by atoms with Crippen molar-refractivity contribution < 1.29 is 14.3 Å². The Morgan fingerprint density at radius 1 is 1.27 bits per heavy atom. The molecule has 0 spiro atoms. The zero-order chi connectivity index (χ0) is 16.3. The minimum absolute atomic E-state index is 0.0133. The van der Waals surface area contributed by atoms with Crippen molar-refractivity contribution in [3.8, 4) is 11.5 Å². The lowest BCUT2D eigenvalue weighted by molar-refractivity contribution is -0.125. The Morgan fingerprint density at radius 2 is 1.91 bits per heavy atom. The molecule has 0 fully saturated rings. The summed E-state index contributed by atoms with van der Waals surface area (Å²) in [7, 11) is 0. The van der Waals surface area contributed by atoms with Gasteiger partial charge in [0.25, 0.3) is 0 Å². The van der Waals surface area contributed by atoms with Gasteiger partial charge in [0.1, 0.15) is 13.2 Å². The molecule has 1 aromatic carbocycles. The first-order chi connectivity index (χ1) is 10.3. The second-order valence-corrected chi connectivity index (χ2v) is 6.61. The van der Waals surface area contributed by atoms with Gasteiger partial charge in [-0.05, 0) is 24.6 Å². The molecule has 1 aliphatic heterocycles. The van der Waals surface area contributed by atoms with Crippen molar-refractivity contribution in [3.05, 3.63) is 23.8 Å². The van der Waals surface area contributed by atoms with Crippen LogP contribution in [0, 0.1) is 5.92 Å². The first kappa shape index (κ1) is 16.6. The Labute approximate surface area is 132 Å². The molecule has 0 saturated heterocycles. The Morgan fingerprint density at radius 3 is 2.55 bits per heavy atom. The Balaban J connectivity index is 2.05. The molecule has 0 aliphatic carbocycles. The molecule has 0 saturated carbocycles. The summed E-state index contributed by atoms with van der Waals surface area (Å²) >= 11 is 0. The summed E-state index contributed by atoms with van der Waals surface area (Å²) in [6.45, 7) is 9.57. The van der Waals surface area contributed by atoms with Crippen LogP contribution in [-0.2, 0) is 10.2 Å². The molecule has 2 atom stereocenters. The Kier molecular flexibility index (Phi) is 4.96. The van der Waals surface area contributed by atoms with E-state index in [-0.39, 0.29) is 23.3 Å². The zero-order valence-electron chi connectivity index (χ0n) is 13.8. The van der Waals surface area contributed by atoms with Crippen LogP contribution in [0.2, 0.25) is 0 Å². The molecule has 1 aliphatic rings. The third-order valence-electron chi connectivity index (χ3n) is 4.23. The van der Waals surface area contributed by atoms with Gasteiger partial charge in [0.2, 0.25) is 5.91 Å². The first-order valence-electron chi connectivity index (χ1n) is 7.74. The summed E-state index contributed by atoms with van der Waals surface area (Å²) in [4.78, 5) is 12.1. The molecular weight excluding hydrogens is 280 g/mol. The fourth-order valence-corrected chi connectivity index (χ4v) is 2.27. The number of amides is 1. The quantitative estimate of drug-likeness (QED) is 0.870. The largest absolute Gasteiger partial charge is 0.486 e. The van der Waals surface area contributed by atoms with E-state index in [0.29, 0.717) is 19.8 Å². The highest BCUT2D eigenvalue weighted by molar-refractivity contribution is 5.79. The van der Waals surface area contributed by atoms with Crippen molar-refractivity contribution in [2.45, 2.75) is 39.2 Å². The monoisotopic (exact) mass is 306 g/mol. The molecule has 5 heteroatoms. The molecule has 1 aromatic rings. The van der Waals surface area contributed by atoms with Crippen LogP contribution in [-0.4, -0.2) is 31.7 Å². The summed E-state index contributed by atoms with van der Waals surface area (Å²) in [5.74, 6) is 1.34. The normalized spacial score (nSPS) is 16.8. The van der Waals surface area contributed by atoms with E-state index in [0.717, 1.165) is 17.1 Å². The van der Waals surface area contributed by atoms with Gasteiger partial charge < -0.3 is 20.5 Å². The van der Waals surface area contributed by atoms with E-state index in [4.69, 9.17) is 15.2 Å². The van der Waals surface area contributed by atoms with Gasteiger partial charge in [0, 0.05) is 23.9 Å². The fourth-order valence-electron chi connectivity index (χ4n) is 2.27. The van der Waals surface area contributed by atoms with Gasteiger partial charge in [0.15, 0.2) is 11.5 Å². The topological polar surface area (TPSA) is 73.6 Å². The molecule has 1 heterocycles. The average molecular weight is 306 g/mol. The highest BCUT2D eigenvalue weighted by atomic mass is 16.6. The van der Waals surface area contributed by atoms with E-state index in [1.807, 2.05) is 32.0 Å². The van der Waals surface area contributed by atoms with E-state index in [1.165, 1.54) is 0 Å². The number of ether oxygens (including phenoxy) is 2. The van der Waals surface area contributed by atoms with Crippen LogP contribution in [0.4, 0.5) is 0 Å². The molecular formula is C17H26N2O3. The van der Waals surface area contributed by atoms with Crippen LogP contribution in [0.3, 0.4) is 0 Å². The molecule has 2 unspecified atom stereocenters. The molecule has 2 rings (SSSR count). The molecule has 5 nitrogen and oxygen atoms in total. The van der Waals surface area contributed by atoms with Gasteiger partial charge >= 0.3 is 0 Å². The number of carbonyl (C=O) groups is 1. The molecule has 1 amide bonds. The van der Waals surface area contributed by atoms with E-state index in [1.54, 1.807) is 0 Å². The highest BCUT2D eigenvalue weighted by Crippen LogP contribution is 2.34. The number of fused-ring (bicyclic) bond motifs is 1. The standard InChI is InChI=1S/C17H26N2O3/c1-11(12(2)18)16(20)19-10-17(3,4)13-5-6-14-15(9-13)22-8-7-21-14/h5-6,9,11-12H,7-8,10,18H2,1-4H3,(H,19,20). The van der Waals surface area contributed by atoms with Crippen molar-refractivity contribution in [1.29, 1.82) is 0 Å². The summed E-state index contributed by atoms with van der Waals surface area (Å²) in [6.07, 6.45) is 0. The maximum absolute atomic E-state index is 12.1. The van der Waals surface area contributed by atoms with Crippen LogP contribution in [0.15, 0.2) is 18.2 Å². The second kappa shape index (κ2) is 6.57. The van der Waals surface area contributed by atoms with E-state index in [9.17, 15) is 4.79 Å². The number of rotatable bonds is 5. The van der Waals surface area contributed by atoms with E-state index in [2.05, 4.69) is 19.2 Å². The maximum atomic E-state index is 12.1. The Bertz CT molecular complexity index is 541. The van der Waals surface area contributed by atoms with Crippen molar-refractivity contribution in [1.82, 2.24) is 5.32 Å². The van der Waals surface area contributed by atoms with Gasteiger partial charge in [0.05, 0.1) is 0 Å². The lowest BCUT2D eigenvalue weighted by atomic mass is 9.84. The second-order valence-electron chi connectivity index (χ2n) is 6.61. The van der Waals surface area contributed by atoms with E-state index < -0.39 is 0 Å². The highest BCUT2D eigenvalue weighted by Gasteiger charge is 2.25. The Hall–Kier alpha value is -1.75. The van der Waals surface area contributed by atoms with Gasteiger partial charge in [-0.15, -0.1) is 0 Å². The van der Waals surface area contributed by atoms with Gasteiger partial charge in [-0.1, -0.05) is 26.8 Å². The molecule has 0 bridgehead atoms. The van der Waals surface area contributed by atoms with Crippen molar-refractivity contribution in [3.63, 3.8) is 0 Å². The van der Waals surface area contributed by atoms with Crippen molar-refractivity contribution >= 4 is 5.91 Å². The minimum atomic E-state index is -0.205. The number of hydrogen-bond acceptors (Lipinski definition) is 4. The lowest BCUT2D eigenvalue weighted by Crippen LogP contribution is -2.43. The minimum Gasteiger partial charge on any atom is -0.486 e. The van der Waals surface area contributed by atoms with Crippen LogP contribution >= 0.6 is 0 Å². The summed E-state index contributed by atoms with van der Waals surface area (Å²) < 4.78 is 11.2. The molecule has 0 radical (unpaired) electrons. The van der Waals surface area contributed by atoms with Crippen molar-refractivity contribution in [2.24, 2.45) is 11.7 Å². The number of hydrogen-bond donors (Lipinski definition) is 2. The smallest absolute Gasteiger partial charge is 0.224 e. The molecule has 0 aromatic heterocycles.